The van der Waals surface area contributed by atoms with Crippen molar-refractivity contribution >= 4 is 11.8 Å². The van der Waals surface area contributed by atoms with Crippen LogP contribution in [0.5, 0.6) is 0 Å². The number of aliphatic hydroxyl groups is 1. The van der Waals surface area contributed by atoms with Gasteiger partial charge in [-0.3, -0.25) is 9.59 Å². The Morgan fingerprint density at radius 1 is 1.25 bits per heavy atom. The largest absolute Gasteiger partial charge is 0.391 e. The molecule has 0 aromatic heterocycles. The van der Waals surface area contributed by atoms with E-state index in [2.05, 4.69) is 5.32 Å². The molecule has 1 aliphatic rings. The second kappa shape index (κ2) is 8.83. The fourth-order valence-electron chi connectivity index (χ4n) is 3.15. The number of carbonyl (C=O) groups excluding carboxylic acids is 2. The molecular formula is C19H28N2O3. The van der Waals surface area contributed by atoms with Gasteiger partial charge in [-0.1, -0.05) is 38.8 Å². The summed E-state index contributed by atoms with van der Waals surface area (Å²) in [6, 6.07) is 7.32. The molecule has 1 saturated heterocycles. The van der Waals surface area contributed by atoms with Crippen LogP contribution in [0.25, 0.3) is 0 Å². The van der Waals surface area contributed by atoms with Crippen LogP contribution in [0.1, 0.15) is 55.5 Å². The van der Waals surface area contributed by atoms with Crippen LogP contribution >= 0.6 is 0 Å². The number of hydrogen-bond donors (Lipinski definition) is 2. The van der Waals surface area contributed by atoms with Gasteiger partial charge in [-0.05, 0) is 30.0 Å². The molecule has 132 valence electrons. The average Bonchev–Trinajstić information content (AvgIpc) is 2.99. The highest BCUT2D eigenvalue weighted by molar-refractivity contribution is 5.94. The summed E-state index contributed by atoms with van der Waals surface area (Å²) < 4.78 is 0. The van der Waals surface area contributed by atoms with Gasteiger partial charge in [0.05, 0.1) is 6.10 Å². The number of carbonyl (C=O) groups is 2. The molecule has 1 heterocycles. The van der Waals surface area contributed by atoms with E-state index in [1.54, 1.807) is 12.1 Å². The summed E-state index contributed by atoms with van der Waals surface area (Å²) in [6.07, 6.45) is 2.86. The Bertz CT molecular complexity index is 552. The molecule has 2 N–H and O–H groups in total. The van der Waals surface area contributed by atoms with Crippen molar-refractivity contribution in [1.82, 2.24) is 10.2 Å². The molecule has 0 radical (unpaired) electrons. The maximum absolute atomic E-state index is 12.2. The highest BCUT2D eigenvalue weighted by Crippen LogP contribution is 2.15. The Kier molecular flexibility index (Phi) is 6.79. The fourth-order valence-corrected chi connectivity index (χ4v) is 3.15. The predicted octanol–water partition coefficient (Wildman–Crippen LogP) is 2.34. The predicted molar refractivity (Wildman–Crippen MR) is 93.5 cm³/mol. The minimum Gasteiger partial charge on any atom is -0.391 e. The van der Waals surface area contributed by atoms with Crippen molar-refractivity contribution in [1.29, 1.82) is 0 Å². The van der Waals surface area contributed by atoms with E-state index in [-0.39, 0.29) is 24.3 Å². The van der Waals surface area contributed by atoms with Gasteiger partial charge in [-0.25, -0.2) is 0 Å². The first kappa shape index (κ1) is 18.5. The van der Waals surface area contributed by atoms with Gasteiger partial charge in [0, 0.05) is 31.6 Å². The lowest BCUT2D eigenvalue weighted by Gasteiger charge is -2.20. The topological polar surface area (TPSA) is 69.6 Å². The molecule has 1 aromatic rings. The first-order chi connectivity index (χ1) is 11.5. The van der Waals surface area contributed by atoms with Gasteiger partial charge < -0.3 is 15.3 Å². The molecule has 1 fully saturated rings. The minimum absolute atomic E-state index is 0.177. The summed E-state index contributed by atoms with van der Waals surface area (Å²) >= 11 is 0. The first-order valence-electron chi connectivity index (χ1n) is 8.88. The normalized spacial score (nSPS) is 15.8. The number of hydrogen-bond acceptors (Lipinski definition) is 3. The van der Waals surface area contributed by atoms with Crippen LogP contribution in [0.3, 0.4) is 0 Å². The summed E-state index contributed by atoms with van der Waals surface area (Å²) in [6.45, 7) is 5.78. The Labute approximate surface area is 144 Å². The maximum atomic E-state index is 12.2. The van der Waals surface area contributed by atoms with Crippen LogP contribution in [0, 0.1) is 5.92 Å². The molecule has 0 saturated carbocycles. The van der Waals surface area contributed by atoms with Gasteiger partial charge in [0.1, 0.15) is 0 Å². The zero-order chi connectivity index (χ0) is 17.5. The van der Waals surface area contributed by atoms with Crippen LogP contribution < -0.4 is 5.32 Å². The standard InChI is InChI=1S/C19H28N2O3/c1-3-15(4-2)17(22)12-20-19(24)16-9-7-14(8-10-16)13-21-11-5-6-18(21)23/h7-10,15,17,22H,3-6,11-13H2,1-2H3,(H,20,24). The maximum Gasteiger partial charge on any atom is 0.251 e. The van der Waals surface area contributed by atoms with E-state index in [1.165, 1.54) is 0 Å². The van der Waals surface area contributed by atoms with Crippen molar-refractivity contribution < 1.29 is 14.7 Å². The van der Waals surface area contributed by atoms with Crippen LogP contribution in [0.15, 0.2) is 24.3 Å². The zero-order valence-corrected chi connectivity index (χ0v) is 14.6. The van der Waals surface area contributed by atoms with Gasteiger partial charge in [0.25, 0.3) is 5.91 Å². The Hall–Kier alpha value is -1.88. The third-order valence-corrected chi connectivity index (χ3v) is 4.83. The monoisotopic (exact) mass is 332 g/mol. The van der Waals surface area contributed by atoms with Crippen LogP contribution in [-0.2, 0) is 11.3 Å². The molecule has 2 rings (SSSR count). The van der Waals surface area contributed by atoms with E-state index in [1.807, 2.05) is 30.9 Å². The molecule has 1 unspecified atom stereocenters. The second-order valence-electron chi connectivity index (χ2n) is 6.47. The molecule has 1 atom stereocenters. The van der Waals surface area contributed by atoms with Gasteiger partial charge in [-0.2, -0.15) is 0 Å². The molecule has 0 bridgehead atoms. The van der Waals surface area contributed by atoms with Gasteiger partial charge >= 0.3 is 0 Å². The van der Waals surface area contributed by atoms with Crippen molar-refractivity contribution in [3.63, 3.8) is 0 Å². The molecule has 2 amide bonds. The van der Waals surface area contributed by atoms with Gasteiger partial charge in [0.15, 0.2) is 0 Å². The Morgan fingerprint density at radius 3 is 2.46 bits per heavy atom. The highest BCUT2D eigenvalue weighted by atomic mass is 16.3. The molecule has 0 spiro atoms. The van der Waals surface area contributed by atoms with E-state index in [4.69, 9.17) is 0 Å². The van der Waals surface area contributed by atoms with Crippen molar-refractivity contribution in [2.75, 3.05) is 13.1 Å². The summed E-state index contributed by atoms with van der Waals surface area (Å²) in [4.78, 5) is 25.7. The highest BCUT2D eigenvalue weighted by Gasteiger charge is 2.20. The number of aliphatic hydroxyl groups excluding tert-OH is 1. The van der Waals surface area contributed by atoms with Crippen molar-refractivity contribution in [3.8, 4) is 0 Å². The number of likely N-dealkylation sites (tertiary alicyclic amines) is 1. The first-order valence-corrected chi connectivity index (χ1v) is 8.88. The summed E-state index contributed by atoms with van der Waals surface area (Å²) in [5.41, 5.74) is 1.60. The van der Waals surface area contributed by atoms with E-state index in [9.17, 15) is 14.7 Å². The number of nitrogens with zero attached hydrogens (tertiary/aromatic N) is 1. The number of benzene rings is 1. The third kappa shape index (κ3) is 4.81. The lowest BCUT2D eigenvalue weighted by molar-refractivity contribution is -0.128. The number of rotatable bonds is 8. The Morgan fingerprint density at radius 2 is 1.92 bits per heavy atom. The second-order valence-corrected chi connectivity index (χ2v) is 6.47. The van der Waals surface area contributed by atoms with Gasteiger partial charge in [0.2, 0.25) is 5.91 Å². The van der Waals surface area contributed by atoms with E-state index < -0.39 is 6.10 Å². The van der Waals surface area contributed by atoms with E-state index in [0.29, 0.717) is 18.5 Å². The molecule has 1 aromatic carbocycles. The lowest BCUT2D eigenvalue weighted by Crippen LogP contribution is -2.36. The third-order valence-electron chi connectivity index (χ3n) is 4.83. The number of amides is 2. The molecule has 1 aliphatic heterocycles. The summed E-state index contributed by atoms with van der Waals surface area (Å²) in [7, 11) is 0. The summed E-state index contributed by atoms with van der Waals surface area (Å²) in [5, 5.41) is 12.9. The molecule has 5 heteroatoms. The van der Waals surface area contributed by atoms with E-state index in [0.717, 1.165) is 31.4 Å². The van der Waals surface area contributed by atoms with Gasteiger partial charge in [-0.15, -0.1) is 0 Å². The molecule has 5 nitrogen and oxygen atoms in total. The zero-order valence-electron chi connectivity index (χ0n) is 14.6. The van der Waals surface area contributed by atoms with Crippen LogP contribution in [0.4, 0.5) is 0 Å². The quantitative estimate of drug-likeness (QED) is 0.768. The average molecular weight is 332 g/mol. The Balaban J connectivity index is 1.85. The van der Waals surface area contributed by atoms with Crippen molar-refractivity contribution in [2.45, 2.75) is 52.2 Å². The number of nitrogens with one attached hydrogen (secondary N) is 1. The van der Waals surface area contributed by atoms with Crippen LogP contribution in [-0.4, -0.2) is 41.0 Å². The SMILES string of the molecule is CCC(CC)C(O)CNC(=O)c1ccc(CN2CCCC2=O)cc1. The van der Waals surface area contributed by atoms with Crippen LogP contribution in [0.2, 0.25) is 0 Å². The van der Waals surface area contributed by atoms with Crippen molar-refractivity contribution in [2.24, 2.45) is 5.92 Å². The van der Waals surface area contributed by atoms with Crippen molar-refractivity contribution in [3.05, 3.63) is 35.4 Å². The molecular weight excluding hydrogens is 304 g/mol. The minimum atomic E-state index is -0.510. The fraction of sp³-hybridized carbons (Fsp3) is 0.579. The van der Waals surface area contributed by atoms with E-state index >= 15 is 0 Å². The smallest absolute Gasteiger partial charge is 0.251 e. The summed E-state index contributed by atoms with van der Waals surface area (Å²) in [5.74, 6) is 0.238. The lowest BCUT2D eigenvalue weighted by atomic mass is 9.96. The molecule has 24 heavy (non-hydrogen) atoms. The molecule has 0 aliphatic carbocycles.